The van der Waals surface area contributed by atoms with Gasteiger partial charge in [-0.15, -0.1) is 0 Å². The molecule has 2 aliphatic carbocycles. The number of nitrogens with zero attached hydrogens (tertiary/aromatic N) is 1. The van der Waals surface area contributed by atoms with E-state index in [4.69, 9.17) is 9.94 Å². The van der Waals surface area contributed by atoms with Gasteiger partial charge < -0.3 is 20.2 Å². The second kappa shape index (κ2) is 9.79. The number of hydrogen-bond acceptors (Lipinski definition) is 5. The van der Waals surface area contributed by atoms with Gasteiger partial charge >= 0.3 is 5.97 Å². The molecule has 0 radical (unpaired) electrons. The van der Waals surface area contributed by atoms with E-state index in [9.17, 15) is 15.0 Å². The van der Waals surface area contributed by atoms with E-state index in [0.717, 1.165) is 18.6 Å². The Hall–Kier alpha value is -1.58. The van der Waals surface area contributed by atoms with Crippen LogP contribution in [0.4, 0.5) is 0 Å². The summed E-state index contributed by atoms with van der Waals surface area (Å²) in [4.78, 5) is 15.2. The summed E-state index contributed by atoms with van der Waals surface area (Å²) >= 11 is 0. The van der Waals surface area contributed by atoms with Crippen LogP contribution in [-0.2, 0) is 9.63 Å². The van der Waals surface area contributed by atoms with Crippen molar-refractivity contribution in [2.45, 2.75) is 70.5 Å². The van der Waals surface area contributed by atoms with Gasteiger partial charge in [-0.25, -0.2) is 4.79 Å². The third kappa shape index (κ3) is 5.72. The van der Waals surface area contributed by atoms with Gasteiger partial charge in [0.25, 0.3) is 0 Å². The lowest BCUT2D eigenvalue weighted by atomic mass is 9.71. The van der Waals surface area contributed by atoms with Crippen molar-refractivity contribution >= 4 is 11.7 Å². The monoisotopic (exact) mass is 351 g/mol. The molecule has 0 spiro atoms. The first-order valence-electron chi connectivity index (χ1n) is 9.30. The molecule has 25 heavy (non-hydrogen) atoms. The number of hydrogen-bond donors (Lipinski definition) is 3. The smallest absolute Gasteiger partial charge is 0.344 e. The second-order valence-electron chi connectivity index (χ2n) is 7.06. The summed E-state index contributed by atoms with van der Waals surface area (Å²) in [6.07, 6.45) is 6.53. The number of aliphatic carboxylic acids is 1. The number of oxime groups is 1. The van der Waals surface area contributed by atoms with Gasteiger partial charge in [0.1, 0.15) is 6.10 Å². The van der Waals surface area contributed by atoms with Crippen LogP contribution in [0.1, 0.15) is 58.3 Å². The lowest BCUT2D eigenvalue weighted by Gasteiger charge is -2.33. The Bertz CT molecular complexity index is 536. The molecule has 6 nitrogen and oxygen atoms in total. The highest BCUT2D eigenvalue weighted by atomic mass is 16.6. The van der Waals surface area contributed by atoms with Crippen LogP contribution in [-0.4, -0.2) is 45.8 Å². The van der Waals surface area contributed by atoms with Gasteiger partial charge in [-0.3, -0.25) is 0 Å². The lowest BCUT2D eigenvalue weighted by molar-refractivity contribution is -0.142. The maximum atomic E-state index is 10.4. The van der Waals surface area contributed by atoms with Crippen molar-refractivity contribution in [3.05, 3.63) is 0 Å². The van der Waals surface area contributed by atoms with Crippen molar-refractivity contribution in [3.63, 3.8) is 0 Å². The van der Waals surface area contributed by atoms with E-state index in [2.05, 4.69) is 23.9 Å². The average Bonchev–Trinajstić information content (AvgIpc) is 2.80. The molecule has 2 saturated carbocycles. The zero-order valence-corrected chi connectivity index (χ0v) is 14.9. The predicted octanol–water partition coefficient (Wildman–Crippen LogP) is 2.19. The standard InChI is InChI=1S/C19H29NO5/c1-2-3-4-5-6-7-13(21)8-9-14-15-10-17(16(15)11-18(14)22)20-25-12-19(23)24/h13-16,18,21-22H,2-7,10-12H2,1H3,(H,23,24)/b20-17-. The maximum absolute atomic E-state index is 10.4. The Kier molecular flexibility index (Phi) is 7.73. The van der Waals surface area contributed by atoms with Gasteiger partial charge in [0.15, 0.2) is 0 Å². The molecule has 2 aliphatic rings. The third-order valence-electron chi connectivity index (χ3n) is 5.13. The number of unbranched alkanes of at least 4 members (excludes halogenated alkanes) is 4. The van der Waals surface area contributed by atoms with Crippen LogP contribution in [0.3, 0.4) is 0 Å². The number of fused-ring (bicyclic) bond motifs is 1. The van der Waals surface area contributed by atoms with E-state index in [0.29, 0.717) is 19.3 Å². The van der Waals surface area contributed by atoms with Gasteiger partial charge in [-0.2, -0.15) is 0 Å². The number of aliphatic hydroxyl groups excluding tert-OH is 2. The minimum Gasteiger partial charge on any atom is -0.479 e. The number of carboxylic acids is 1. The van der Waals surface area contributed by atoms with Gasteiger partial charge in [0.2, 0.25) is 6.61 Å². The average molecular weight is 351 g/mol. The van der Waals surface area contributed by atoms with Gasteiger partial charge in [-0.05, 0) is 31.6 Å². The number of carboxylic acid groups (broad SMARTS) is 1. The fraction of sp³-hybridized carbons (Fsp3) is 0.789. The number of aliphatic hydroxyl groups is 2. The largest absolute Gasteiger partial charge is 0.479 e. The molecule has 2 rings (SSSR count). The first-order chi connectivity index (χ1) is 12.0. The molecule has 0 aromatic carbocycles. The van der Waals surface area contributed by atoms with Gasteiger partial charge in [0, 0.05) is 5.92 Å². The summed E-state index contributed by atoms with van der Waals surface area (Å²) < 4.78 is 0. The molecule has 0 bridgehead atoms. The van der Waals surface area contributed by atoms with Crippen LogP contribution in [0.25, 0.3) is 0 Å². The highest BCUT2D eigenvalue weighted by Crippen LogP contribution is 2.48. The van der Waals surface area contributed by atoms with Crippen LogP contribution in [0.5, 0.6) is 0 Å². The fourth-order valence-corrected chi connectivity index (χ4v) is 3.69. The molecule has 0 amide bonds. The second-order valence-corrected chi connectivity index (χ2v) is 7.06. The zero-order valence-electron chi connectivity index (χ0n) is 14.9. The Labute approximate surface area is 149 Å². The molecule has 0 heterocycles. The van der Waals surface area contributed by atoms with Crippen molar-refractivity contribution in [2.24, 2.45) is 22.9 Å². The number of carbonyl (C=O) groups is 1. The summed E-state index contributed by atoms with van der Waals surface area (Å²) in [6.45, 7) is 1.73. The van der Waals surface area contributed by atoms with Crippen LogP contribution < -0.4 is 0 Å². The summed E-state index contributed by atoms with van der Waals surface area (Å²) in [5.74, 6) is 5.12. The first kappa shape index (κ1) is 19.7. The van der Waals surface area contributed by atoms with Crippen molar-refractivity contribution in [1.29, 1.82) is 0 Å². The van der Waals surface area contributed by atoms with Gasteiger partial charge in [0.05, 0.1) is 17.7 Å². The van der Waals surface area contributed by atoms with Gasteiger partial charge in [-0.1, -0.05) is 49.6 Å². The highest BCUT2D eigenvalue weighted by Gasteiger charge is 2.51. The quantitative estimate of drug-likeness (QED) is 0.336. The minimum absolute atomic E-state index is 0.120. The highest BCUT2D eigenvalue weighted by molar-refractivity contribution is 5.93. The van der Waals surface area contributed by atoms with E-state index in [-0.39, 0.29) is 17.8 Å². The summed E-state index contributed by atoms with van der Waals surface area (Å²) in [5.41, 5.74) is 0.811. The van der Waals surface area contributed by atoms with E-state index in [1.807, 2.05) is 0 Å². The molecule has 0 saturated heterocycles. The predicted molar refractivity (Wildman–Crippen MR) is 93.9 cm³/mol. The molecule has 5 unspecified atom stereocenters. The van der Waals surface area contributed by atoms with Crippen molar-refractivity contribution in [2.75, 3.05) is 6.61 Å². The fourth-order valence-electron chi connectivity index (χ4n) is 3.69. The Morgan fingerprint density at radius 3 is 2.84 bits per heavy atom. The van der Waals surface area contributed by atoms with E-state index in [1.54, 1.807) is 0 Å². The van der Waals surface area contributed by atoms with E-state index in [1.165, 1.54) is 19.3 Å². The Morgan fingerprint density at radius 1 is 1.36 bits per heavy atom. The molecule has 140 valence electrons. The molecule has 6 heteroatoms. The van der Waals surface area contributed by atoms with Crippen LogP contribution >= 0.6 is 0 Å². The Balaban J connectivity index is 1.76. The van der Waals surface area contributed by atoms with Crippen molar-refractivity contribution < 1.29 is 25.0 Å². The maximum Gasteiger partial charge on any atom is 0.344 e. The molecule has 2 fully saturated rings. The molecular weight excluding hydrogens is 322 g/mol. The third-order valence-corrected chi connectivity index (χ3v) is 5.13. The SMILES string of the molecule is CCCCCCCC(O)C#CC1C(O)CC2/C(=N\OCC(=O)O)CC21. The summed E-state index contributed by atoms with van der Waals surface area (Å²) in [5, 5.41) is 32.6. The molecule has 0 aromatic heterocycles. The summed E-state index contributed by atoms with van der Waals surface area (Å²) in [6, 6.07) is 0. The number of rotatable bonds is 9. The van der Waals surface area contributed by atoms with Crippen molar-refractivity contribution in [3.8, 4) is 11.8 Å². The van der Waals surface area contributed by atoms with E-state index < -0.39 is 24.8 Å². The van der Waals surface area contributed by atoms with E-state index >= 15 is 0 Å². The molecule has 0 aliphatic heterocycles. The van der Waals surface area contributed by atoms with Crippen LogP contribution in [0.2, 0.25) is 0 Å². The van der Waals surface area contributed by atoms with Crippen LogP contribution in [0.15, 0.2) is 5.16 Å². The van der Waals surface area contributed by atoms with Crippen molar-refractivity contribution in [1.82, 2.24) is 0 Å². The molecule has 3 N–H and O–H groups in total. The normalized spacial score (nSPS) is 30.1. The first-order valence-corrected chi connectivity index (χ1v) is 9.30. The minimum atomic E-state index is -1.06. The topological polar surface area (TPSA) is 99.4 Å². The lowest BCUT2D eigenvalue weighted by Crippen LogP contribution is -2.36. The molecule has 0 aromatic rings. The van der Waals surface area contributed by atoms with Crippen LogP contribution in [0, 0.1) is 29.6 Å². The zero-order chi connectivity index (χ0) is 18.2. The molecular formula is C19H29NO5. The summed E-state index contributed by atoms with van der Waals surface area (Å²) in [7, 11) is 0. The molecule has 5 atom stereocenters. The Morgan fingerprint density at radius 2 is 2.12 bits per heavy atom.